The van der Waals surface area contributed by atoms with Crippen molar-refractivity contribution in [1.29, 1.82) is 5.26 Å². The molecule has 0 spiro atoms. The molecule has 1 unspecified atom stereocenters. The molecule has 5 heteroatoms. The molecule has 0 saturated heterocycles. The summed E-state index contributed by atoms with van der Waals surface area (Å²) < 4.78 is 5.06. The van der Waals surface area contributed by atoms with Gasteiger partial charge in [-0.25, -0.2) is 4.79 Å². The van der Waals surface area contributed by atoms with E-state index in [1.54, 1.807) is 30.3 Å². The van der Waals surface area contributed by atoms with E-state index in [0.717, 1.165) is 5.56 Å². The third kappa shape index (κ3) is 5.11. The predicted molar refractivity (Wildman–Crippen MR) is 90.8 cm³/mol. The second-order valence-corrected chi connectivity index (χ2v) is 5.00. The molecule has 1 amide bonds. The van der Waals surface area contributed by atoms with Gasteiger partial charge in [-0.3, -0.25) is 4.79 Å². The van der Waals surface area contributed by atoms with E-state index >= 15 is 0 Å². The Hall–Kier alpha value is -3.39. The Balaban J connectivity index is 1.90. The molecule has 0 aliphatic heterocycles. The van der Waals surface area contributed by atoms with Crippen LogP contribution in [0.3, 0.4) is 0 Å². The normalized spacial score (nSPS) is 11.5. The molecule has 5 nitrogen and oxygen atoms in total. The van der Waals surface area contributed by atoms with Gasteiger partial charge in [-0.05, 0) is 36.8 Å². The largest absolute Gasteiger partial charge is 0.449 e. The van der Waals surface area contributed by atoms with Gasteiger partial charge in [-0.2, -0.15) is 5.26 Å². The zero-order valence-corrected chi connectivity index (χ0v) is 13.1. The van der Waals surface area contributed by atoms with E-state index in [1.807, 2.05) is 36.4 Å². The molecule has 0 aliphatic rings. The molecule has 1 N–H and O–H groups in total. The third-order valence-corrected chi connectivity index (χ3v) is 3.13. The maximum Gasteiger partial charge on any atom is 0.331 e. The number of carbonyl (C=O) groups excluding carboxylic acids is 2. The van der Waals surface area contributed by atoms with Crippen LogP contribution in [-0.4, -0.2) is 18.0 Å². The van der Waals surface area contributed by atoms with Crippen molar-refractivity contribution in [3.05, 3.63) is 71.8 Å². The lowest BCUT2D eigenvalue weighted by Gasteiger charge is -2.12. The first-order chi connectivity index (χ1) is 11.6. The van der Waals surface area contributed by atoms with E-state index < -0.39 is 18.0 Å². The number of anilines is 1. The van der Waals surface area contributed by atoms with Gasteiger partial charge in [0.1, 0.15) is 0 Å². The van der Waals surface area contributed by atoms with Crippen LogP contribution in [0, 0.1) is 11.3 Å². The van der Waals surface area contributed by atoms with Crippen molar-refractivity contribution >= 4 is 23.6 Å². The number of esters is 1. The molecule has 2 aromatic carbocycles. The highest BCUT2D eigenvalue weighted by Crippen LogP contribution is 2.11. The van der Waals surface area contributed by atoms with Crippen molar-refractivity contribution in [2.75, 3.05) is 5.32 Å². The van der Waals surface area contributed by atoms with Crippen LogP contribution in [0.1, 0.15) is 18.1 Å². The smallest absolute Gasteiger partial charge is 0.331 e. The van der Waals surface area contributed by atoms with Gasteiger partial charge >= 0.3 is 5.97 Å². The summed E-state index contributed by atoms with van der Waals surface area (Å²) in [6.45, 7) is 1.48. The molecule has 0 saturated carbocycles. The molecule has 2 aromatic rings. The number of nitrogens with one attached hydrogen (secondary N) is 1. The second kappa shape index (κ2) is 8.30. The molecular weight excluding hydrogens is 304 g/mol. The molecule has 0 aromatic heterocycles. The summed E-state index contributed by atoms with van der Waals surface area (Å²) in [5.74, 6) is -1.07. The zero-order chi connectivity index (χ0) is 17.4. The number of hydrogen-bond donors (Lipinski definition) is 1. The number of benzene rings is 2. The monoisotopic (exact) mass is 320 g/mol. The summed E-state index contributed by atoms with van der Waals surface area (Å²) in [5, 5.41) is 11.4. The first-order valence-corrected chi connectivity index (χ1v) is 7.33. The van der Waals surface area contributed by atoms with E-state index in [0.29, 0.717) is 11.3 Å². The van der Waals surface area contributed by atoms with Gasteiger partial charge in [0.15, 0.2) is 6.10 Å². The Labute approximate surface area is 140 Å². The van der Waals surface area contributed by atoms with E-state index in [4.69, 9.17) is 10.00 Å². The minimum Gasteiger partial charge on any atom is -0.449 e. The number of hydrogen-bond acceptors (Lipinski definition) is 4. The number of carbonyl (C=O) groups is 2. The fourth-order valence-electron chi connectivity index (χ4n) is 1.91. The highest BCUT2D eigenvalue weighted by atomic mass is 16.5. The molecule has 0 fully saturated rings. The van der Waals surface area contributed by atoms with E-state index in [9.17, 15) is 9.59 Å². The second-order valence-electron chi connectivity index (χ2n) is 5.00. The summed E-state index contributed by atoms with van der Waals surface area (Å²) in [7, 11) is 0. The van der Waals surface area contributed by atoms with Gasteiger partial charge in [0.25, 0.3) is 5.91 Å². The molecule has 0 heterocycles. The molecule has 2 rings (SSSR count). The van der Waals surface area contributed by atoms with Gasteiger partial charge in [-0.1, -0.05) is 36.4 Å². The van der Waals surface area contributed by atoms with Crippen molar-refractivity contribution in [2.45, 2.75) is 13.0 Å². The Kier molecular flexibility index (Phi) is 5.87. The number of rotatable bonds is 5. The molecule has 0 bridgehead atoms. The van der Waals surface area contributed by atoms with Crippen molar-refractivity contribution < 1.29 is 14.3 Å². The molecule has 0 radical (unpaired) electrons. The number of amides is 1. The molecule has 1 atom stereocenters. The highest BCUT2D eigenvalue weighted by Gasteiger charge is 2.16. The maximum absolute atomic E-state index is 12.0. The van der Waals surface area contributed by atoms with Crippen molar-refractivity contribution in [3.8, 4) is 6.07 Å². The number of ether oxygens (including phenoxy) is 1. The van der Waals surface area contributed by atoms with E-state index in [-0.39, 0.29) is 0 Å². The van der Waals surface area contributed by atoms with Crippen LogP contribution in [0.4, 0.5) is 5.69 Å². The standard InChI is InChI=1S/C19H16N2O3/c1-14(19(23)21-17-9-5-8-16(12-17)13-20)24-18(22)11-10-15-6-3-2-4-7-15/h2-12,14H,1H3,(H,21,23)/b11-10+. The van der Waals surface area contributed by atoms with Crippen LogP contribution >= 0.6 is 0 Å². The summed E-state index contributed by atoms with van der Waals surface area (Å²) in [4.78, 5) is 23.8. The predicted octanol–water partition coefficient (Wildman–Crippen LogP) is 3.14. The van der Waals surface area contributed by atoms with E-state index in [1.165, 1.54) is 13.0 Å². The van der Waals surface area contributed by atoms with Gasteiger partial charge < -0.3 is 10.1 Å². The Morgan fingerprint density at radius 2 is 1.92 bits per heavy atom. The molecular formula is C19H16N2O3. The van der Waals surface area contributed by atoms with Crippen LogP contribution in [0.15, 0.2) is 60.7 Å². The Morgan fingerprint density at radius 1 is 1.17 bits per heavy atom. The average Bonchev–Trinajstić information content (AvgIpc) is 2.61. The van der Waals surface area contributed by atoms with Gasteiger partial charge in [0, 0.05) is 11.8 Å². The molecule has 120 valence electrons. The molecule has 0 aliphatic carbocycles. The summed E-state index contributed by atoms with van der Waals surface area (Å²) in [6.07, 6.45) is 1.93. The van der Waals surface area contributed by atoms with Crippen LogP contribution < -0.4 is 5.32 Å². The SMILES string of the molecule is CC(OC(=O)/C=C/c1ccccc1)C(=O)Nc1cccc(C#N)c1. The first-order valence-electron chi connectivity index (χ1n) is 7.33. The minimum absolute atomic E-state index is 0.434. The van der Waals surface area contributed by atoms with E-state index in [2.05, 4.69) is 5.32 Å². The zero-order valence-electron chi connectivity index (χ0n) is 13.1. The summed E-state index contributed by atoms with van der Waals surface area (Å²) in [5.41, 5.74) is 1.77. The van der Waals surface area contributed by atoms with Crippen molar-refractivity contribution in [1.82, 2.24) is 0 Å². The summed E-state index contributed by atoms with van der Waals surface area (Å²) in [6, 6.07) is 17.8. The summed E-state index contributed by atoms with van der Waals surface area (Å²) >= 11 is 0. The van der Waals surface area contributed by atoms with Crippen molar-refractivity contribution in [3.63, 3.8) is 0 Å². The minimum atomic E-state index is -0.955. The van der Waals surface area contributed by atoms with Crippen molar-refractivity contribution in [2.24, 2.45) is 0 Å². The fraction of sp³-hybridized carbons (Fsp3) is 0.105. The van der Waals surface area contributed by atoms with Gasteiger partial charge in [-0.15, -0.1) is 0 Å². The first kappa shape index (κ1) is 17.0. The lowest BCUT2D eigenvalue weighted by atomic mass is 10.2. The van der Waals surface area contributed by atoms with Crippen LogP contribution in [0.2, 0.25) is 0 Å². The number of nitriles is 1. The van der Waals surface area contributed by atoms with Gasteiger partial charge in [0.2, 0.25) is 0 Å². The van der Waals surface area contributed by atoms with Crippen LogP contribution in [-0.2, 0) is 14.3 Å². The Morgan fingerprint density at radius 3 is 2.62 bits per heavy atom. The quantitative estimate of drug-likeness (QED) is 0.678. The molecule has 24 heavy (non-hydrogen) atoms. The number of nitrogens with zero attached hydrogens (tertiary/aromatic N) is 1. The maximum atomic E-state index is 12.0. The Bertz CT molecular complexity index is 792. The third-order valence-electron chi connectivity index (χ3n) is 3.13. The highest BCUT2D eigenvalue weighted by molar-refractivity contribution is 5.96. The average molecular weight is 320 g/mol. The fourth-order valence-corrected chi connectivity index (χ4v) is 1.91. The lowest BCUT2D eigenvalue weighted by Crippen LogP contribution is -2.29. The van der Waals surface area contributed by atoms with Crippen LogP contribution in [0.5, 0.6) is 0 Å². The van der Waals surface area contributed by atoms with Gasteiger partial charge in [0.05, 0.1) is 11.6 Å². The van der Waals surface area contributed by atoms with Crippen LogP contribution in [0.25, 0.3) is 6.08 Å². The topological polar surface area (TPSA) is 79.2 Å². The lowest BCUT2D eigenvalue weighted by molar-refractivity contribution is -0.148.